The molecule has 0 radical (unpaired) electrons. The van der Waals surface area contributed by atoms with Crippen molar-refractivity contribution in [1.29, 1.82) is 0 Å². The molecule has 2 nitrogen and oxygen atoms in total. The van der Waals surface area contributed by atoms with Crippen LogP contribution < -0.4 is 10.1 Å². The zero-order valence-electron chi connectivity index (χ0n) is 9.85. The van der Waals surface area contributed by atoms with Gasteiger partial charge in [0.25, 0.3) is 0 Å². The highest BCUT2D eigenvalue weighted by Gasteiger charge is 2.18. The molecule has 2 rings (SSSR count). The molecule has 0 atom stereocenters. The predicted molar refractivity (Wildman–Crippen MR) is 67.6 cm³/mol. The molecule has 0 spiro atoms. The molecule has 88 valence electrons. The van der Waals surface area contributed by atoms with Gasteiger partial charge in [0.1, 0.15) is 5.75 Å². The molecule has 0 aliphatic carbocycles. The van der Waals surface area contributed by atoms with Crippen molar-refractivity contribution in [3.05, 3.63) is 28.3 Å². The van der Waals surface area contributed by atoms with Crippen LogP contribution in [0, 0.1) is 6.92 Å². The van der Waals surface area contributed by atoms with Crippen LogP contribution in [0.25, 0.3) is 0 Å². The lowest BCUT2D eigenvalue weighted by molar-refractivity contribution is 0.411. The molecule has 1 aromatic rings. The summed E-state index contributed by atoms with van der Waals surface area (Å²) in [6.07, 6.45) is 2.40. The first-order valence-electron chi connectivity index (χ1n) is 5.77. The molecule has 1 aliphatic rings. The lowest BCUT2D eigenvalue weighted by Gasteiger charge is -2.25. The van der Waals surface area contributed by atoms with Crippen LogP contribution in [-0.4, -0.2) is 20.2 Å². The van der Waals surface area contributed by atoms with E-state index in [-0.39, 0.29) is 0 Å². The Labute approximate surface area is 102 Å². The van der Waals surface area contributed by atoms with Crippen molar-refractivity contribution in [2.45, 2.75) is 25.7 Å². The quantitative estimate of drug-likeness (QED) is 0.856. The Bertz CT molecular complexity index is 372. The molecule has 1 heterocycles. The Kier molecular flexibility index (Phi) is 3.72. The maximum Gasteiger partial charge on any atom is 0.137 e. The monoisotopic (exact) mass is 239 g/mol. The minimum atomic E-state index is 0.646. The third-order valence-corrected chi connectivity index (χ3v) is 3.61. The van der Waals surface area contributed by atoms with Gasteiger partial charge in [-0.3, -0.25) is 0 Å². The maximum absolute atomic E-state index is 6.10. The van der Waals surface area contributed by atoms with Crippen LogP contribution in [0.15, 0.2) is 12.1 Å². The minimum Gasteiger partial charge on any atom is -0.495 e. The molecule has 1 fully saturated rings. The zero-order chi connectivity index (χ0) is 11.5. The molecule has 0 saturated carbocycles. The van der Waals surface area contributed by atoms with E-state index in [4.69, 9.17) is 16.3 Å². The maximum atomic E-state index is 6.10. The summed E-state index contributed by atoms with van der Waals surface area (Å²) < 4.78 is 5.28. The highest BCUT2D eigenvalue weighted by molar-refractivity contribution is 6.32. The van der Waals surface area contributed by atoms with Crippen molar-refractivity contribution in [3.8, 4) is 5.75 Å². The predicted octanol–water partition coefficient (Wildman–Crippen LogP) is 3.12. The molecule has 0 amide bonds. The second-order valence-electron chi connectivity index (χ2n) is 4.37. The second kappa shape index (κ2) is 5.07. The number of piperidine rings is 1. The van der Waals surface area contributed by atoms with E-state index in [2.05, 4.69) is 18.3 Å². The van der Waals surface area contributed by atoms with Crippen molar-refractivity contribution in [3.63, 3.8) is 0 Å². The number of hydrogen-bond donors (Lipinski definition) is 1. The number of nitrogens with one attached hydrogen (secondary N) is 1. The topological polar surface area (TPSA) is 21.3 Å². The normalized spacial score (nSPS) is 17.4. The van der Waals surface area contributed by atoms with Gasteiger partial charge in [0.2, 0.25) is 0 Å². The van der Waals surface area contributed by atoms with Crippen molar-refractivity contribution in [2.75, 3.05) is 20.2 Å². The van der Waals surface area contributed by atoms with Crippen molar-refractivity contribution >= 4 is 11.6 Å². The van der Waals surface area contributed by atoms with E-state index >= 15 is 0 Å². The van der Waals surface area contributed by atoms with E-state index in [1.165, 1.54) is 24.0 Å². The van der Waals surface area contributed by atoms with Crippen molar-refractivity contribution in [2.24, 2.45) is 0 Å². The molecule has 1 N–H and O–H groups in total. The van der Waals surface area contributed by atoms with Gasteiger partial charge in [-0.15, -0.1) is 0 Å². The molecule has 0 aromatic heterocycles. The lowest BCUT2D eigenvalue weighted by atomic mass is 9.87. The smallest absolute Gasteiger partial charge is 0.137 e. The summed E-state index contributed by atoms with van der Waals surface area (Å²) >= 11 is 6.10. The highest BCUT2D eigenvalue weighted by atomic mass is 35.5. The Morgan fingerprint density at radius 2 is 2.00 bits per heavy atom. The number of benzene rings is 1. The van der Waals surface area contributed by atoms with Gasteiger partial charge >= 0.3 is 0 Å². The van der Waals surface area contributed by atoms with E-state index in [1.807, 2.05) is 6.07 Å². The summed E-state index contributed by atoms with van der Waals surface area (Å²) in [5, 5.41) is 4.09. The molecule has 1 aromatic carbocycles. The molecule has 16 heavy (non-hydrogen) atoms. The van der Waals surface area contributed by atoms with E-state index in [9.17, 15) is 0 Å². The van der Waals surface area contributed by atoms with E-state index in [0.717, 1.165) is 18.8 Å². The number of methoxy groups -OCH3 is 1. The van der Waals surface area contributed by atoms with Crippen LogP contribution in [-0.2, 0) is 0 Å². The van der Waals surface area contributed by atoms with Crippen LogP contribution in [0.1, 0.15) is 29.9 Å². The summed E-state index contributed by atoms with van der Waals surface area (Å²) in [4.78, 5) is 0. The lowest BCUT2D eigenvalue weighted by Crippen LogP contribution is -2.27. The number of rotatable bonds is 2. The number of aryl methyl sites for hydroxylation is 1. The van der Waals surface area contributed by atoms with Crippen LogP contribution in [0.2, 0.25) is 5.02 Å². The van der Waals surface area contributed by atoms with Gasteiger partial charge in [-0.25, -0.2) is 0 Å². The summed E-state index contributed by atoms with van der Waals surface area (Å²) in [6.45, 7) is 4.34. The van der Waals surface area contributed by atoms with Crippen LogP contribution in [0.4, 0.5) is 0 Å². The third-order valence-electron chi connectivity index (χ3n) is 3.32. The Hall–Kier alpha value is -0.730. The summed E-state index contributed by atoms with van der Waals surface area (Å²) in [5.41, 5.74) is 2.67. The fraction of sp³-hybridized carbons (Fsp3) is 0.538. The number of halogens is 1. The summed E-state index contributed by atoms with van der Waals surface area (Å²) in [6, 6.07) is 4.12. The van der Waals surface area contributed by atoms with Gasteiger partial charge in [0, 0.05) is 0 Å². The Morgan fingerprint density at radius 3 is 2.62 bits per heavy atom. The SMILES string of the molecule is COc1cc(C2CCNCC2)c(C)cc1Cl. The molecular weight excluding hydrogens is 222 g/mol. The fourth-order valence-corrected chi connectivity index (χ4v) is 2.69. The second-order valence-corrected chi connectivity index (χ2v) is 4.77. The van der Waals surface area contributed by atoms with E-state index in [1.54, 1.807) is 7.11 Å². The summed E-state index contributed by atoms with van der Waals surface area (Å²) in [7, 11) is 1.67. The molecule has 1 aliphatic heterocycles. The Morgan fingerprint density at radius 1 is 1.31 bits per heavy atom. The standard InChI is InChI=1S/C13H18ClNO/c1-9-7-12(14)13(16-2)8-11(9)10-3-5-15-6-4-10/h7-8,10,15H,3-6H2,1-2H3. The first-order valence-corrected chi connectivity index (χ1v) is 6.15. The van der Waals surface area contributed by atoms with Crippen LogP contribution in [0.5, 0.6) is 5.75 Å². The van der Waals surface area contributed by atoms with Gasteiger partial charge in [-0.05, 0) is 62.0 Å². The van der Waals surface area contributed by atoms with E-state index < -0.39 is 0 Å². The van der Waals surface area contributed by atoms with Gasteiger partial charge < -0.3 is 10.1 Å². The zero-order valence-corrected chi connectivity index (χ0v) is 10.6. The molecule has 1 saturated heterocycles. The number of ether oxygens (including phenoxy) is 1. The minimum absolute atomic E-state index is 0.646. The fourth-order valence-electron chi connectivity index (χ4n) is 2.40. The molecule has 0 unspecified atom stereocenters. The van der Waals surface area contributed by atoms with Crippen molar-refractivity contribution in [1.82, 2.24) is 5.32 Å². The van der Waals surface area contributed by atoms with Gasteiger partial charge in [-0.2, -0.15) is 0 Å². The van der Waals surface area contributed by atoms with Crippen LogP contribution >= 0.6 is 11.6 Å². The largest absolute Gasteiger partial charge is 0.495 e. The highest BCUT2D eigenvalue weighted by Crippen LogP contribution is 2.34. The average molecular weight is 240 g/mol. The first kappa shape index (κ1) is 11.7. The molecule has 3 heteroatoms. The number of hydrogen-bond acceptors (Lipinski definition) is 2. The Balaban J connectivity index is 2.31. The molecule has 0 bridgehead atoms. The van der Waals surface area contributed by atoms with Crippen LogP contribution in [0.3, 0.4) is 0 Å². The third kappa shape index (κ3) is 2.33. The van der Waals surface area contributed by atoms with Crippen molar-refractivity contribution < 1.29 is 4.74 Å². The van der Waals surface area contributed by atoms with Gasteiger partial charge in [0.15, 0.2) is 0 Å². The van der Waals surface area contributed by atoms with Gasteiger partial charge in [-0.1, -0.05) is 11.6 Å². The first-order chi connectivity index (χ1) is 7.72. The molecular formula is C13H18ClNO. The average Bonchev–Trinajstić information content (AvgIpc) is 2.30. The van der Waals surface area contributed by atoms with E-state index in [0.29, 0.717) is 10.9 Å². The van der Waals surface area contributed by atoms with Gasteiger partial charge in [0.05, 0.1) is 12.1 Å². The summed E-state index contributed by atoms with van der Waals surface area (Å²) in [5.74, 6) is 1.44.